The van der Waals surface area contributed by atoms with Crippen LogP contribution in [0.3, 0.4) is 0 Å². The van der Waals surface area contributed by atoms with Crippen molar-refractivity contribution >= 4 is 17.5 Å². The minimum absolute atomic E-state index is 0.0229. The predicted octanol–water partition coefficient (Wildman–Crippen LogP) is 4.32. The molecule has 1 aliphatic rings. The van der Waals surface area contributed by atoms with Crippen LogP contribution in [0.2, 0.25) is 0 Å². The van der Waals surface area contributed by atoms with E-state index in [2.05, 4.69) is 5.32 Å². The van der Waals surface area contributed by atoms with Gasteiger partial charge in [0.2, 0.25) is 11.8 Å². The zero-order valence-electron chi connectivity index (χ0n) is 16.3. The molecule has 2 amide bonds. The first-order valence-electron chi connectivity index (χ1n) is 9.99. The maximum Gasteiger partial charge on any atom is 0.227 e. The lowest BCUT2D eigenvalue weighted by molar-refractivity contribution is -0.121. The number of amides is 2. The Hall–Kier alpha value is -3.34. The molecule has 2 aromatic carbocycles. The van der Waals surface area contributed by atoms with Crippen LogP contribution in [0.4, 0.5) is 5.69 Å². The minimum Gasteiger partial charge on any atom is -0.461 e. The second-order valence-corrected chi connectivity index (χ2v) is 7.23. The van der Waals surface area contributed by atoms with Crippen LogP contribution in [-0.2, 0) is 22.6 Å². The third-order valence-electron chi connectivity index (χ3n) is 5.10. The summed E-state index contributed by atoms with van der Waals surface area (Å²) in [7, 11) is 0. The molecule has 2 heterocycles. The fourth-order valence-electron chi connectivity index (χ4n) is 3.55. The van der Waals surface area contributed by atoms with E-state index in [0.29, 0.717) is 25.8 Å². The van der Waals surface area contributed by atoms with E-state index in [1.165, 1.54) is 0 Å². The first kappa shape index (κ1) is 19.0. The Labute approximate surface area is 170 Å². The van der Waals surface area contributed by atoms with Crippen LogP contribution in [0.15, 0.2) is 71.1 Å². The highest BCUT2D eigenvalue weighted by Gasteiger charge is 2.21. The Balaban J connectivity index is 1.28. The molecule has 1 N–H and O–H groups in total. The number of hydrogen-bond acceptors (Lipinski definition) is 3. The van der Waals surface area contributed by atoms with Crippen molar-refractivity contribution in [1.82, 2.24) is 5.32 Å². The smallest absolute Gasteiger partial charge is 0.227 e. The van der Waals surface area contributed by atoms with Gasteiger partial charge in [-0.1, -0.05) is 42.5 Å². The average Bonchev–Trinajstić information content (AvgIpc) is 3.41. The van der Waals surface area contributed by atoms with Crippen molar-refractivity contribution in [2.75, 3.05) is 11.4 Å². The lowest BCUT2D eigenvalue weighted by Crippen LogP contribution is -2.25. The Kier molecular flexibility index (Phi) is 5.75. The molecule has 148 valence electrons. The third-order valence-corrected chi connectivity index (χ3v) is 5.10. The average molecular weight is 388 g/mol. The molecule has 0 bridgehead atoms. The van der Waals surface area contributed by atoms with Gasteiger partial charge in [-0.05, 0) is 36.2 Å². The van der Waals surface area contributed by atoms with E-state index in [0.717, 1.165) is 41.3 Å². The van der Waals surface area contributed by atoms with Gasteiger partial charge in [-0.25, -0.2) is 0 Å². The van der Waals surface area contributed by atoms with Gasteiger partial charge in [0.25, 0.3) is 0 Å². The Morgan fingerprint density at radius 1 is 1.03 bits per heavy atom. The number of anilines is 1. The summed E-state index contributed by atoms with van der Waals surface area (Å²) in [6, 6.07) is 21.6. The number of benzene rings is 2. The van der Waals surface area contributed by atoms with E-state index >= 15 is 0 Å². The second kappa shape index (κ2) is 8.78. The molecule has 0 spiro atoms. The van der Waals surface area contributed by atoms with Gasteiger partial charge in [-0.3, -0.25) is 9.59 Å². The number of carbonyl (C=O) groups is 2. The fraction of sp³-hybridized carbons (Fsp3) is 0.250. The summed E-state index contributed by atoms with van der Waals surface area (Å²) in [5.41, 5.74) is 2.92. The third kappa shape index (κ3) is 4.74. The Bertz CT molecular complexity index is 994. The molecule has 29 heavy (non-hydrogen) atoms. The van der Waals surface area contributed by atoms with Gasteiger partial charge in [-0.15, -0.1) is 0 Å². The highest BCUT2D eigenvalue weighted by Crippen LogP contribution is 2.23. The van der Waals surface area contributed by atoms with Gasteiger partial charge in [0.05, 0.1) is 0 Å². The first-order chi connectivity index (χ1) is 14.2. The largest absolute Gasteiger partial charge is 0.461 e. The number of aryl methyl sites for hydroxylation is 1. The highest BCUT2D eigenvalue weighted by molar-refractivity contribution is 5.95. The van der Waals surface area contributed by atoms with Gasteiger partial charge < -0.3 is 14.6 Å². The van der Waals surface area contributed by atoms with E-state index in [-0.39, 0.29) is 11.8 Å². The molecule has 1 saturated heterocycles. The second-order valence-electron chi connectivity index (χ2n) is 7.23. The standard InChI is InChI=1S/C24H24N2O3/c27-23(14-12-21-11-13-22(29-21)19-7-2-1-3-8-19)25-17-18-6-4-9-20(16-18)26-15-5-10-24(26)28/h1-4,6-9,11,13,16H,5,10,12,14-15,17H2,(H,25,27). The van der Waals surface area contributed by atoms with Crippen LogP contribution < -0.4 is 10.2 Å². The van der Waals surface area contributed by atoms with E-state index in [1.54, 1.807) is 0 Å². The number of carbonyl (C=O) groups excluding carboxylic acids is 2. The lowest BCUT2D eigenvalue weighted by atomic mass is 10.1. The van der Waals surface area contributed by atoms with Crippen molar-refractivity contribution in [3.8, 4) is 11.3 Å². The summed E-state index contributed by atoms with van der Waals surface area (Å²) < 4.78 is 5.85. The molecular weight excluding hydrogens is 364 g/mol. The molecule has 0 aliphatic carbocycles. The van der Waals surface area contributed by atoms with Gasteiger partial charge >= 0.3 is 0 Å². The number of nitrogens with one attached hydrogen (secondary N) is 1. The number of rotatable bonds is 7. The molecule has 1 aliphatic heterocycles. The van der Waals surface area contributed by atoms with Gasteiger partial charge in [-0.2, -0.15) is 0 Å². The summed E-state index contributed by atoms with van der Waals surface area (Å²) in [5, 5.41) is 2.95. The molecule has 0 radical (unpaired) electrons. The van der Waals surface area contributed by atoms with Crippen molar-refractivity contribution in [2.24, 2.45) is 0 Å². The van der Waals surface area contributed by atoms with Crippen LogP contribution in [0, 0.1) is 0 Å². The zero-order chi connectivity index (χ0) is 20.1. The van der Waals surface area contributed by atoms with E-state index in [9.17, 15) is 9.59 Å². The monoisotopic (exact) mass is 388 g/mol. The normalized spacial score (nSPS) is 13.7. The van der Waals surface area contributed by atoms with Gasteiger partial charge in [0, 0.05) is 43.6 Å². The molecule has 0 unspecified atom stereocenters. The molecule has 5 nitrogen and oxygen atoms in total. The van der Waals surface area contributed by atoms with Crippen molar-refractivity contribution in [1.29, 1.82) is 0 Å². The molecular formula is C24H24N2O3. The Morgan fingerprint density at radius 3 is 2.69 bits per heavy atom. The molecule has 5 heteroatoms. The molecule has 0 saturated carbocycles. The lowest BCUT2D eigenvalue weighted by Gasteiger charge is -2.16. The molecule has 3 aromatic rings. The SMILES string of the molecule is O=C(CCc1ccc(-c2ccccc2)o1)NCc1cccc(N2CCCC2=O)c1. The summed E-state index contributed by atoms with van der Waals surface area (Å²) in [4.78, 5) is 26.0. The maximum absolute atomic E-state index is 12.2. The van der Waals surface area contributed by atoms with E-state index in [1.807, 2.05) is 71.6 Å². The van der Waals surface area contributed by atoms with Crippen LogP contribution >= 0.6 is 0 Å². The van der Waals surface area contributed by atoms with Gasteiger partial charge in [0.15, 0.2) is 0 Å². The number of furan rings is 1. The summed E-state index contributed by atoms with van der Waals surface area (Å²) >= 11 is 0. The van der Waals surface area contributed by atoms with Crippen LogP contribution in [0.1, 0.15) is 30.6 Å². The quantitative estimate of drug-likeness (QED) is 0.656. The Morgan fingerprint density at radius 2 is 1.90 bits per heavy atom. The topological polar surface area (TPSA) is 62.6 Å². The van der Waals surface area contributed by atoms with Crippen LogP contribution in [0.5, 0.6) is 0 Å². The molecule has 1 fully saturated rings. The number of nitrogens with zero attached hydrogens (tertiary/aromatic N) is 1. The molecule has 1 aromatic heterocycles. The van der Waals surface area contributed by atoms with Crippen molar-refractivity contribution in [2.45, 2.75) is 32.2 Å². The van der Waals surface area contributed by atoms with Crippen LogP contribution in [-0.4, -0.2) is 18.4 Å². The fourth-order valence-corrected chi connectivity index (χ4v) is 3.55. The highest BCUT2D eigenvalue weighted by atomic mass is 16.3. The van der Waals surface area contributed by atoms with E-state index < -0.39 is 0 Å². The van der Waals surface area contributed by atoms with Crippen molar-refractivity contribution in [3.05, 3.63) is 78.1 Å². The first-order valence-corrected chi connectivity index (χ1v) is 9.99. The van der Waals surface area contributed by atoms with E-state index in [4.69, 9.17) is 4.42 Å². The molecule has 4 rings (SSSR count). The molecule has 0 atom stereocenters. The zero-order valence-corrected chi connectivity index (χ0v) is 16.3. The number of hydrogen-bond donors (Lipinski definition) is 1. The van der Waals surface area contributed by atoms with Crippen LogP contribution in [0.25, 0.3) is 11.3 Å². The summed E-state index contributed by atoms with van der Waals surface area (Å²) in [5.74, 6) is 1.76. The predicted molar refractivity (Wildman–Crippen MR) is 112 cm³/mol. The maximum atomic E-state index is 12.2. The summed E-state index contributed by atoms with van der Waals surface area (Å²) in [6.07, 6.45) is 2.44. The minimum atomic E-state index is -0.0229. The van der Waals surface area contributed by atoms with Crippen molar-refractivity contribution < 1.29 is 14.0 Å². The van der Waals surface area contributed by atoms with Gasteiger partial charge in [0.1, 0.15) is 11.5 Å². The summed E-state index contributed by atoms with van der Waals surface area (Å²) in [6.45, 7) is 1.21. The van der Waals surface area contributed by atoms with Crippen molar-refractivity contribution in [3.63, 3.8) is 0 Å².